The second kappa shape index (κ2) is 6.12. The third kappa shape index (κ3) is 3.78. The van der Waals surface area contributed by atoms with E-state index in [4.69, 9.17) is 9.47 Å². The molecule has 17 heavy (non-hydrogen) atoms. The molecule has 1 aliphatic heterocycles. The molecular formula is C12H14BrNO3. The maximum atomic E-state index is 11.7. The van der Waals surface area contributed by atoms with Crippen LogP contribution in [0.25, 0.3) is 0 Å². The van der Waals surface area contributed by atoms with Crippen LogP contribution >= 0.6 is 15.9 Å². The number of hydrogen-bond donors (Lipinski definition) is 0. The molecule has 1 fully saturated rings. The van der Waals surface area contributed by atoms with Gasteiger partial charge in [0.25, 0.3) is 0 Å². The number of nitrogens with zero attached hydrogens (tertiary/aromatic N) is 1. The van der Waals surface area contributed by atoms with Crippen molar-refractivity contribution in [2.24, 2.45) is 0 Å². The Morgan fingerprint density at radius 1 is 1.53 bits per heavy atom. The van der Waals surface area contributed by atoms with Gasteiger partial charge in [-0.25, -0.2) is 9.78 Å². The van der Waals surface area contributed by atoms with E-state index < -0.39 is 5.97 Å². The van der Waals surface area contributed by atoms with E-state index in [-0.39, 0.29) is 6.10 Å². The van der Waals surface area contributed by atoms with Crippen LogP contribution in [0.15, 0.2) is 22.8 Å². The first-order valence-electron chi connectivity index (χ1n) is 5.67. The Morgan fingerprint density at radius 2 is 2.41 bits per heavy atom. The van der Waals surface area contributed by atoms with Crippen LogP contribution in [0.3, 0.4) is 0 Å². The van der Waals surface area contributed by atoms with Crippen molar-refractivity contribution >= 4 is 21.9 Å². The van der Waals surface area contributed by atoms with Gasteiger partial charge in [0.05, 0.1) is 6.10 Å². The maximum Gasteiger partial charge on any atom is 0.357 e. The quantitative estimate of drug-likeness (QED) is 0.636. The summed E-state index contributed by atoms with van der Waals surface area (Å²) in [6.45, 7) is 1.07. The van der Waals surface area contributed by atoms with Gasteiger partial charge in [-0.2, -0.15) is 0 Å². The lowest BCUT2D eigenvalue weighted by atomic mass is 10.1. The second-order valence-corrected chi connectivity index (χ2v) is 4.75. The lowest BCUT2D eigenvalue weighted by Gasteiger charge is -2.21. The molecule has 4 nitrogen and oxygen atoms in total. The number of rotatable bonds is 3. The molecule has 0 bridgehead atoms. The molecule has 5 heteroatoms. The topological polar surface area (TPSA) is 48.4 Å². The van der Waals surface area contributed by atoms with Crippen molar-refractivity contribution in [1.29, 1.82) is 0 Å². The lowest BCUT2D eigenvalue weighted by molar-refractivity contribution is -0.0302. The average molecular weight is 300 g/mol. The van der Waals surface area contributed by atoms with Gasteiger partial charge in [0.1, 0.15) is 16.9 Å². The molecule has 1 aliphatic rings. The number of halogens is 1. The van der Waals surface area contributed by atoms with Crippen LogP contribution in [0, 0.1) is 0 Å². The summed E-state index contributed by atoms with van der Waals surface area (Å²) in [5.41, 5.74) is 0.315. The molecule has 0 amide bonds. The summed E-state index contributed by atoms with van der Waals surface area (Å²) < 4.78 is 11.3. The van der Waals surface area contributed by atoms with Gasteiger partial charge >= 0.3 is 5.97 Å². The number of carbonyl (C=O) groups excluding carboxylic acids is 1. The Morgan fingerprint density at radius 3 is 3.12 bits per heavy atom. The predicted octanol–water partition coefficient (Wildman–Crippen LogP) is 2.57. The second-order valence-electron chi connectivity index (χ2n) is 3.93. The number of aromatic nitrogens is 1. The highest BCUT2D eigenvalue weighted by atomic mass is 79.9. The summed E-state index contributed by atoms with van der Waals surface area (Å²) in [5, 5.41) is 0. The van der Waals surface area contributed by atoms with Crippen LogP contribution in [-0.4, -0.2) is 30.3 Å². The van der Waals surface area contributed by atoms with E-state index in [9.17, 15) is 4.79 Å². The van der Waals surface area contributed by atoms with Crippen LogP contribution in [0.1, 0.15) is 29.8 Å². The van der Waals surface area contributed by atoms with Gasteiger partial charge in [-0.3, -0.25) is 0 Å². The molecule has 2 rings (SSSR count). The average Bonchev–Trinajstić information content (AvgIpc) is 2.37. The Hall–Kier alpha value is -0.940. The number of carbonyl (C=O) groups is 1. The van der Waals surface area contributed by atoms with E-state index in [0.29, 0.717) is 16.9 Å². The molecule has 1 aromatic rings. The van der Waals surface area contributed by atoms with Crippen molar-refractivity contribution in [3.8, 4) is 0 Å². The van der Waals surface area contributed by atoms with Gasteiger partial charge in [0.15, 0.2) is 0 Å². The van der Waals surface area contributed by atoms with Crippen LogP contribution in [-0.2, 0) is 9.47 Å². The molecule has 0 saturated carbocycles. The fourth-order valence-electron chi connectivity index (χ4n) is 1.70. The third-order valence-corrected chi connectivity index (χ3v) is 3.04. The van der Waals surface area contributed by atoms with Gasteiger partial charge < -0.3 is 9.47 Å². The van der Waals surface area contributed by atoms with Crippen molar-refractivity contribution in [3.63, 3.8) is 0 Å². The largest absolute Gasteiger partial charge is 0.458 e. The fourth-order valence-corrected chi connectivity index (χ4v) is 2.05. The van der Waals surface area contributed by atoms with Gasteiger partial charge in [-0.1, -0.05) is 6.07 Å². The van der Waals surface area contributed by atoms with E-state index in [1.807, 2.05) is 0 Å². The lowest BCUT2D eigenvalue weighted by Crippen LogP contribution is -2.26. The van der Waals surface area contributed by atoms with E-state index in [1.165, 1.54) is 0 Å². The maximum absolute atomic E-state index is 11.7. The summed E-state index contributed by atoms with van der Waals surface area (Å²) in [5.74, 6) is -0.402. The molecule has 92 valence electrons. The zero-order chi connectivity index (χ0) is 12.1. The Balaban J connectivity index is 1.84. The van der Waals surface area contributed by atoms with Crippen molar-refractivity contribution < 1.29 is 14.3 Å². The summed E-state index contributed by atoms with van der Waals surface area (Å²) in [4.78, 5) is 15.7. The first-order valence-corrected chi connectivity index (χ1v) is 6.46. The Labute approximate surface area is 108 Å². The number of pyridine rings is 1. The third-order valence-electron chi connectivity index (χ3n) is 2.60. The molecule has 0 radical (unpaired) electrons. The molecule has 1 atom stereocenters. The minimum absolute atomic E-state index is 0.0415. The molecule has 0 N–H and O–H groups in total. The number of ether oxygens (including phenoxy) is 2. The molecule has 1 aromatic heterocycles. The van der Waals surface area contributed by atoms with Crippen molar-refractivity contribution in [1.82, 2.24) is 4.98 Å². The standard InChI is InChI=1S/C12H14BrNO3/c13-11-6-3-5-10(14-11)12(15)17-8-9-4-1-2-7-16-9/h3,5-6,9H,1-2,4,7-8H2. The molecule has 1 unspecified atom stereocenters. The van der Waals surface area contributed by atoms with Crippen LogP contribution in [0.2, 0.25) is 0 Å². The van der Waals surface area contributed by atoms with Crippen LogP contribution < -0.4 is 0 Å². The zero-order valence-electron chi connectivity index (χ0n) is 9.39. The minimum atomic E-state index is -0.402. The summed E-state index contributed by atoms with van der Waals surface area (Å²) >= 11 is 3.21. The molecule has 0 aliphatic carbocycles. The van der Waals surface area contributed by atoms with E-state index in [0.717, 1.165) is 25.9 Å². The number of esters is 1. The molecule has 0 spiro atoms. The van der Waals surface area contributed by atoms with Crippen molar-refractivity contribution in [2.45, 2.75) is 25.4 Å². The van der Waals surface area contributed by atoms with E-state index in [1.54, 1.807) is 18.2 Å². The van der Waals surface area contributed by atoms with Crippen LogP contribution in [0.4, 0.5) is 0 Å². The van der Waals surface area contributed by atoms with Crippen LogP contribution in [0.5, 0.6) is 0 Å². The first kappa shape index (κ1) is 12.5. The van der Waals surface area contributed by atoms with E-state index >= 15 is 0 Å². The number of hydrogen-bond acceptors (Lipinski definition) is 4. The smallest absolute Gasteiger partial charge is 0.357 e. The highest BCUT2D eigenvalue weighted by molar-refractivity contribution is 9.10. The normalized spacial score (nSPS) is 19.9. The molecule has 0 aromatic carbocycles. The van der Waals surface area contributed by atoms with Crippen molar-refractivity contribution in [3.05, 3.63) is 28.5 Å². The molecule has 2 heterocycles. The Bertz CT molecular complexity index is 391. The monoisotopic (exact) mass is 299 g/mol. The summed E-state index contributed by atoms with van der Waals surface area (Å²) in [6.07, 6.45) is 3.23. The highest BCUT2D eigenvalue weighted by Crippen LogP contribution is 2.13. The Kier molecular flexibility index (Phi) is 4.50. The van der Waals surface area contributed by atoms with Gasteiger partial charge in [0, 0.05) is 6.61 Å². The fraction of sp³-hybridized carbons (Fsp3) is 0.500. The van der Waals surface area contributed by atoms with Gasteiger partial charge in [-0.05, 0) is 47.3 Å². The zero-order valence-corrected chi connectivity index (χ0v) is 11.0. The van der Waals surface area contributed by atoms with Gasteiger partial charge in [-0.15, -0.1) is 0 Å². The summed E-state index contributed by atoms with van der Waals surface area (Å²) in [7, 11) is 0. The SMILES string of the molecule is O=C(OCC1CCCCO1)c1cccc(Br)n1. The predicted molar refractivity (Wildman–Crippen MR) is 65.8 cm³/mol. The van der Waals surface area contributed by atoms with Gasteiger partial charge in [0.2, 0.25) is 0 Å². The highest BCUT2D eigenvalue weighted by Gasteiger charge is 2.17. The van der Waals surface area contributed by atoms with E-state index in [2.05, 4.69) is 20.9 Å². The summed E-state index contributed by atoms with van der Waals surface area (Å²) in [6, 6.07) is 5.15. The first-order chi connectivity index (χ1) is 8.25. The minimum Gasteiger partial charge on any atom is -0.458 e. The molecule has 1 saturated heterocycles. The molecular weight excluding hydrogens is 286 g/mol. The van der Waals surface area contributed by atoms with Crippen molar-refractivity contribution in [2.75, 3.05) is 13.2 Å².